The fourth-order valence-corrected chi connectivity index (χ4v) is 4.08. The summed E-state index contributed by atoms with van der Waals surface area (Å²) in [6, 6.07) is 0.434. The van der Waals surface area contributed by atoms with Gasteiger partial charge in [0.25, 0.3) is 0 Å². The van der Waals surface area contributed by atoms with Crippen molar-refractivity contribution in [2.75, 3.05) is 7.05 Å². The van der Waals surface area contributed by atoms with Gasteiger partial charge in [-0.25, -0.2) is 0 Å². The molecule has 1 atom stereocenters. The van der Waals surface area contributed by atoms with Crippen molar-refractivity contribution in [2.45, 2.75) is 54.7 Å². The number of carbonyl (C=O) groups excluding carboxylic acids is 1. The molecule has 6 heteroatoms. The predicted molar refractivity (Wildman–Crippen MR) is 74.9 cm³/mol. The van der Waals surface area contributed by atoms with Crippen LogP contribution < -0.4 is 0 Å². The molecule has 100 valence electrons. The van der Waals surface area contributed by atoms with Gasteiger partial charge in [-0.3, -0.25) is 4.79 Å². The molecule has 1 aliphatic carbocycles. The van der Waals surface area contributed by atoms with Gasteiger partial charge >= 0.3 is 0 Å². The second kappa shape index (κ2) is 6.52. The van der Waals surface area contributed by atoms with Gasteiger partial charge in [-0.05, 0) is 19.8 Å². The van der Waals surface area contributed by atoms with E-state index in [1.54, 1.807) is 5.51 Å². The minimum Gasteiger partial charge on any atom is -0.342 e. The Kier molecular flexibility index (Phi) is 5.00. The van der Waals surface area contributed by atoms with Crippen molar-refractivity contribution in [1.82, 2.24) is 15.1 Å². The molecule has 0 bridgehead atoms. The van der Waals surface area contributed by atoms with Crippen LogP contribution in [0, 0.1) is 0 Å². The Morgan fingerprint density at radius 2 is 2.22 bits per heavy atom. The van der Waals surface area contributed by atoms with E-state index < -0.39 is 0 Å². The lowest BCUT2D eigenvalue weighted by atomic mass is 9.94. The number of nitrogens with zero attached hydrogens (tertiary/aromatic N) is 3. The molecule has 0 aromatic carbocycles. The van der Waals surface area contributed by atoms with Crippen LogP contribution >= 0.6 is 23.1 Å². The highest BCUT2D eigenvalue weighted by molar-refractivity contribution is 8.02. The fraction of sp³-hybridized carbons (Fsp3) is 0.750. The average molecular weight is 285 g/mol. The van der Waals surface area contributed by atoms with Crippen LogP contribution in [-0.4, -0.2) is 39.3 Å². The van der Waals surface area contributed by atoms with Crippen LogP contribution in [0.1, 0.15) is 39.0 Å². The van der Waals surface area contributed by atoms with E-state index in [1.165, 1.54) is 42.4 Å². The first-order valence-corrected chi connectivity index (χ1v) is 8.14. The van der Waals surface area contributed by atoms with Crippen LogP contribution in [0.4, 0.5) is 0 Å². The van der Waals surface area contributed by atoms with Crippen molar-refractivity contribution in [2.24, 2.45) is 0 Å². The van der Waals surface area contributed by atoms with Crippen molar-refractivity contribution in [3.8, 4) is 0 Å². The molecule has 1 aromatic rings. The van der Waals surface area contributed by atoms with Crippen LogP contribution in [0.25, 0.3) is 0 Å². The van der Waals surface area contributed by atoms with Gasteiger partial charge in [0.15, 0.2) is 4.34 Å². The van der Waals surface area contributed by atoms with Crippen molar-refractivity contribution >= 4 is 29.0 Å². The smallest absolute Gasteiger partial charge is 0.235 e. The van der Waals surface area contributed by atoms with E-state index in [-0.39, 0.29) is 11.2 Å². The zero-order chi connectivity index (χ0) is 13.0. The second-order valence-corrected chi connectivity index (χ2v) is 7.13. The number of hydrogen-bond donors (Lipinski definition) is 0. The van der Waals surface area contributed by atoms with Gasteiger partial charge in [0, 0.05) is 13.1 Å². The molecule has 0 N–H and O–H groups in total. The number of rotatable bonds is 4. The molecular weight excluding hydrogens is 266 g/mol. The molecule has 2 rings (SSSR count). The normalized spacial score (nSPS) is 18.6. The maximum Gasteiger partial charge on any atom is 0.235 e. The van der Waals surface area contributed by atoms with Crippen molar-refractivity contribution in [3.05, 3.63) is 5.51 Å². The van der Waals surface area contributed by atoms with Crippen LogP contribution in [-0.2, 0) is 4.79 Å². The summed E-state index contributed by atoms with van der Waals surface area (Å²) in [5.41, 5.74) is 1.70. The Bertz CT molecular complexity index is 377. The quantitative estimate of drug-likeness (QED) is 0.798. The molecule has 1 aliphatic rings. The Labute approximate surface area is 116 Å². The number of hydrogen-bond acceptors (Lipinski definition) is 5. The van der Waals surface area contributed by atoms with Crippen LogP contribution in [0.3, 0.4) is 0 Å². The number of carbonyl (C=O) groups is 1. The van der Waals surface area contributed by atoms with Crippen molar-refractivity contribution in [3.63, 3.8) is 0 Å². The highest BCUT2D eigenvalue weighted by Gasteiger charge is 2.26. The molecule has 1 unspecified atom stereocenters. The molecule has 1 heterocycles. The van der Waals surface area contributed by atoms with Gasteiger partial charge in [0.05, 0.1) is 5.25 Å². The van der Waals surface area contributed by atoms with E-state index >= 15 is 0 Å². The summed E-state index contributed by atoms with van der Waals surface area (Å²) in [7, 11) is 1.94. The van der Waals surface area contributed by atoms with E-state index in [0.717, 1.165) is 17.2 Å². The standard InChI is InChI=1S/C12H19N3OS2/c1-9(18-12-14-13-8-17-12)11(16)15(2)10-6-4-3-5-7-10/h8-10H,3-7H2,1-2H3. The Morgan fingerprint density at radius 3 is 2.83 bits per heavy atom. The SMILES string of the molecule is CC(Sc1nncs1)C(=O)N(C)C1CCCCC1. The third-order valence-corrected chi connectivity index (χ3v) is 5.33. The monoisotopic (exact) mass is 285 g/mol. The lowest BCUT2D eigenvalue weighted by Crippen LogP contribution is -2.42. The van der Waals surface area contributed by atoms with Gasteiger partial charge < -0.3 is 4.90 Å². The van der Waals surface area contributed by atoms with E-state index in [4.69, 9.17) is 0 Å². The maximum absolute atomic E-state index is 12.3. The fourth-order valence-electron chi connectivity index (χ4n) is 2.35. The van der Waals surface area contributed by atoms with E-state index in [9.17, 15) is 4.79 Å². The molecule has 4 nitrogen and oxygen atoms in total. The first-order chi connectivity index (χ1) is 8.68. The molecule has 18 heavy (non-hydrogen) atoms. The molecule has 0 saturated heterocycles. The molecule has 0 spiro atoms. The maximum atomic E-state index is 12.3. The predicted octanol–water partition coefficient (Wildman–Crippen LogP) is 2.81. The molecule has 1 saturated carbocycles. The highest BCUT2D eigenvalue weighted by Crippen LogP contribution is 2.27. The molecular formula is C12H19N3OS2. The number of aromatic nitrogens is 2. The Morgan fingerprint density at radius 1 is 1.50 bits per heavy atom. The lowest BCUT2D eigenvalue weighted by molar-refractivity contribution is -0.131. The number of amides is 1. The minimum atomic E-state index is -0.0788. The largest absolute Gasteiger partial charge is 0.342 e. The third-order valence-electron chi connectivity index (χ3n) is 3.44. The summed E-state index contributed by atoms with van der Waals surface area (Å²) in [6.07, 6.45) is 6.12. The first kappa shape index (κ1) is 13.8. The van der Waals surface area contributed by atoms with Gasteiger partial charge in [0.2, 0.25) is 5.91 Å². The summed E-state index contributed by atoms with van der Waals surface area (Å²) in [5.74, 6) is 0.210. The molecule has 1 aromatic heterocycles. The Balaban J connectivity index is 1.88. The van der Waals surface area contributed by atoms with Crippen molar-refractivity contribution in [1.29, 1.82) is 0 Å². The van der Waals surface area contributed by atoms with Gasteiger partial charge in [-0.15, -0.1) is 10.2 Å². The second-order valence-electron chi connectivity index (χ2n) is 4.71. The topological polar surface area (TPSA) is 46.1 Å². The molecule has 1 fully saturated rings. The molecule has 1 amide bonds. The zero-order valence-electron chi connectivity index (χ0n) is 10.8. The van der Waals surface area contributed by atoms with E-state index in [1.807, 2.05) is 18.9 Å². The summed E-state index contributed by atoms with van der Waals surface area (Å²) in [4.78, 5) is 14.3. The Hall–Kier alpha value is -0.620. The minimum absolute atomic E-state index is 0.0788. The first-order valence-electron chi connectivity index (χ1n) is 6.38. The summed E-state index contributed by atoms with van der Waals surface area (Å²) < 4.78 is 0.868. The lowest BCUT2D eigenvalue weighted by Gasteiger charge is -2.32. The number of thioether (sulfide) groups is 1. The van der Waals surface area contributed by atoms with Crippen molar-refractivity contribution < 1.29 is 4.79 Å². The zero-order valence-corrected chi connectivity index (χ0v) is 12.5. The van der Waals surface area contributed by atoms with Gasteiger partial charge in [-0.1, -0.05) is 42.4 Å². The van der Waals surface area contributed by atoms with Gasteiger partial charge in [0.1, 0.15) is 5.51 Å². The third kappa shape index (κ3) is 3.45. The van der Waals surface area contributed by atoms with Crippen LogP contribution in [0.5, 0.6) is 0 Å². The molecule has 0 radical (unpaired) electrons. The van der Waals surface area contributed by atoms with Crippen LogP contribution in [0.2, 0.25) is 0 Å². The van der Waals surface area contributed by atoms with E-state index in [2.05, 4.69) is 10.2 Å². The van der Waals surface area contributed by atoms with Crippen LogP contribution in [0.15, 0.2) is 9.85 Å². The summed E-state index contributed by atoms with van der Waals surface area (Å²) >= 11 is 2.99. The molecule has 0 aliphatic heterocycles. The summed E-state index contributed by atoms with van der Waals surface area (Å²) in [6.45, 7) is 1.95. The summed E-state index contributed by atoms with van der Waals surface area (Å²) in [5, 5.41) is 7.68. The van der Waals surface area contributed by atoms with E-state index in [0.29, 0.717) is 6.04 Å². The van der Waals surface area contributed by atoms with Gasteiger partial charge in [-0.2, -0.15) is 0 Å². The average Bonchev–Trinajstić information content (AvgIpc) is 2.91. The highest BCUT2D eigenvalue weighted by atomic mass is 32.2.